The number of aromatic nitrogens is 5. The second-order valence-corrected chi connectivity index (χ2v) is 7.98. The Balaban J connectivity index is 1.77. The maximum Gasteiger partial charge on any atom is 0.223 e. The van der Waals surface area contributed by atoms with Crippen molar-refractivity contribution < 1.29 is 4.79 Å². The van der Waals surface area contributed by atoms with Gasteiger partial charge in [0.05, 0.1) is 27.6 Å². The molecule has 3 heterocycles. The lowest BCUT2D eigenvalue weighted by molar-refractivity contribution is -0.114. The highest BCUT2D eigenvalue weighted by molar-refractivity contribution is 7.19. The zero-order chi connectivity index (χ0) is 20.0. The van der Waals surface area contributed by atoms with Crippen LogP contribution in [0.5, 0.6) is 0 Å². The number of nitrogens with zero attached hydrogens (tertiary/aromatic N) is 5. The molecule has 3 aromatic heterocycles. The van der Waals surface area contributed by atoms with Crippen LogP contribution in [0.2, 0.25) is 0 Å². The van der Waals surface area contributed by atoms with E-state index in [4.69, 9.17) is 5.10 Å². The van der Waals surface area contributed by atoms with Gasteiger partial charge in [-0.15, -0.1) is 0 Å². The molecule has 0 aliphatic heterocycles. The number of carbonyl (C=O) groups is 1. The lowest BCUT2D eigenvalue weighted by atomic mass is 9.95. The Hall–Kier alpha value is -3.39. The van der Waals surface area contributed by atoms with E-state index in [2.05, 4.69) is 39.3 Å². The number of hydrogen-bond donors (Lipinski definition) is 1. The average Bonchev–Trinajstić information content (AvgIpc) is 3.29. The van der Waals surface area contributed by atoms with Gasteiger partial charge in [0.2, 0.25) is 5.91 Å². The maximum absolute atomic E-state index is 11.5. The summed E-state index contributed by atoms with van der Waals surface area (Å²) in [6.07, 6.45) is 6.74. The van der Waals surface area contributed by atoms with Crippen molar-refractivity contribution in [2.45, 2.75) is 26.7 Å². The van der Waals surface area contributed by atoms with Gasteiger partial charge in [-0.2, -0.15) is 5.10 Å². The second kappa shape index (κ2) is 6.89. The average molecular weight is 402 g/mol. The summed E-state index contributed by atoms with van der Waals surface area (Å²) in [4.78, 5) is 25.6. The molecule has 0 unspecified atom stereocenters. The highest BCUT2D eigenvalue weighted by Crippen LogP contribution is 2.44. The van der Waals surface area contributed by atoms with Gasteiger partial charge in [-0.3, -0.25) is 4.79 Å². The van der Waals surface area contributed by atoms with Crippen LogP contribution in [0.15, 0.2) is 43.0 Å². The molecule has 0 spiro atoms. The minimum Gasteiger partial charge on any atom is -0.302 e. The van der Waals surface area contributed by atoms with Crippen LogP contribution in [0.3, 0.4) is 0 Å². The molecule has 1 aromatic carbocycles. The van der Waals surface area contributed by atoms with Gasteiger partial charge in [-0.05, 0) is 31.4 Å². The molecule has 7 nitrogen and oxygen atoms in total. The van der Waals surface area contributed by atoms with Crippen molar-refractivity contribution in [3.63, 3.8) is 0 Å². The first-order chi connectivity index (χ1) is 14.1. The van der Waals surface area contributed by atoms with Crippen molar-refractivity contribution in [1.82, 2.24) is 24.7 Å². The molecule has 1 amide bonds. The van der Waals surface area contributed by atoms with E-state index in [-0.39, 0.29) is 5.91 Å². The molecule has 0 radical (unpaired) electrons. The van der Waals surface area contributed by atoms with Gasteiger partial charge in [0.1, 0.15) is 6.33 Å². The van der Waals surface area contributed by atoms with Crippen LogP contribution in [0.1, 0.15) is 23.7 Å². The van der Waals surface area contributed by atoms with Gasteiger partial charge in [-0.1, -0.05) is 29.5 Å². The SMILES string of the molecule is CC(=O)Nc1nc2c(s1)-c1c(c(-c3cncnc3)nn1-c1ccccc1C)CC2. The molecule has 144 valence electrons. The number of hydrogen-bond acceptors (Lipinski definition) is 6. The smallest absolute Gasteiger partial charge is 0.223 e. The summed E-state index contributed by atoms with van der Waals surface area (Å²) in [5, 5.41) is 8.43. The number of anilines is 1. The van der Waals surface area contributed by atoms with Gasteiger partial charge in [0.15, 0.2) is 5.13 Å². The van der Waals surface area contributed by atoms with Crippen LogP contribution < -0.4 is 5.32 Å². The predicted molar refractivity (Wildman–Crippen MR) is 112 cm³/mol. The minimum absolute atomic E-state index is 0.120. The molecule has 0 saturated heterocycles. The van der Waals surface area contributed by atoms with Gasteiger partial charge >= 0.3 is 0 Å². The lowest BCUT2D eigenvalue weighted by Crippen LogP contribution is -2.07. The standard InChI is InChI=1S/C21H18N6OS/c1-12-5-3-4-6-17(12)27-19-15(18(26-27)14-9-22-11-23-10-14)7-8-16-20(19)29-21(25-16)24-13(2)28/h3-6,9-11H,7-8H2,1-2H3,(H,24,25,28). The Morgan fingerprint density at radius 1 is 1.17 bits per heavy atom. The van der Waals surface area contributed by atoms with Crippen molar-refractivity contribution in [3.05, 3.63) is 59.8 Å². The molecule has 0 bridgehead atoms. The first-order valence-electron chi connectivity index (χ1n) is 9.33. The number of thiazole rings is 1. The van der Waals surface area contributed by atoms with E-state index in [1.807, 2.05) is 16.8 Å². The molecule has 4 aromatic rings. The van der Waals surface area contributed by atoms with E-state index in [0.29, 0.717) is 5.13 Å². The largest absolute Gasteiger partial charge is 0.302 e. The van der Waals surface area contributed by atoms with Gasteiger partial charge < -0.3 is 5.32 Å². The van der Waals surface area contributed by atoms with Crippen molar-refractivity contribution in [2.75, 3.05) is 5.32 Å². The number of benzene rings is 1. The maximum atomic E-state index is 11.5. The molecule has 8 heteroatoms. The Morgan fingerprint density at radius 3 is 2.72 bits per heavy atom. The highest BCUT2D eigenvalue weighted by atomic mass is 32.1. The van der Waals surface area contributed by atoms with Crippen molar-refractivity contribution in [2.24, 2.45) is 0 Å². The van der Waals surface area contributed by atoms with E-state index in [1.54, 1.807) is 12.4 Å². The fourth-order valence-corrected chi connectivity index (χ4v) is 4.82. The Kier molecular flexibility index (Phi) is 4.21. The Morgan fingerprint density at radius 2 is 1.97 bits per heavy atom. The normalized spacial score (nSPS) is 12.3. The first kappa shape index (κ1) is 17.7. The van der Waals surface area contributed by atoms with E-state index >= 15 is 0 Å². The topological polar surface area (TPSA) is 85.6 Å². The number of rotatable bonds is 3. The quantitative estimate of drug-likeness (QED) is 0.563. The summed E-state index contributed by atoms with van der Waals surface area (Å²) in [5.74, 6) is -0.120. The molecule has 0 atom stereocenters. The summed E-state index contributed by atoms with van der Waals surface area (Å²) in [6.45, 7) is 3.57. The third kappa shape index (κ3) is 3.01. The number of aryl methyl sites for hydroxylation is 2. The minimum atomic E-state index is -0.120. The van der Waals surface area contributed by atoms with Crippen LogP contribution in [0.25, 0.3) is 27.5 Å². The van der Waals surface area contributed by atoms with E-state index < -0.39 is 0 Å². The van der Waals surface area contributed by atoms with Crippen LogP contribution in [-0.2, 0) is 17.6 Å². The summed E-state index contributed by atoms with van der Waals surface area (Å²) >= 11 is 1.49. The molecule has 0 saturated carbocycles. The summed E-state index contributed by atoms with van der Waals surface area (Å²) in [7, 11) is 0. The molecule has 1 N–H and O–H groups in total. The van der Waals surface area contributed by atoms with Crippen LogP contribution in [0.4, 0.5) is 5.13 Å². The number of carbonyl (C=O) groups excluding carboxylic acids is 1. The molecule has 0 fully saturated rings. The molecule has 29 heavy (non-hydrogen) atoms. The third-order valence-corrected chi connectivity index (χ3v) is 5.99. The van der Waals surface area contributed by atoms with E-state index in [0.717, 1.165) is 57.2 Å². The first-order valence-corrected chi connectivity index (χ1v) is 10.1. The number of para-hydroxylation sites is 1. The van der Waals surface area contributed by atoms with Gasteiger partial charge in [0, 0.05) is 30.4 Å². The zero-order valence-electron chi connectivity index (χ0n) is 16.0. The fraction of sp³-hybridized carbons (Fsp3) is 0.190. The number of amides is 1. The fourth-order valence-electron chi connectivity index (χ4n) is 3.70. The summed E-state index contributed by atoms with van der Waals surface area (Å²) in [5.41, 5.74) is 7.13. The van der Waals surface area contributed by atoms with E-state index in [1.165, 1.54) is 24.6 Å². The highest BCUT2D eigenvalue weighted by Gasteiger charge is 2.30. The molecular formula is C21H18N6OS. The number of nitrogens with one attached hydrogen (secondary N) is 1. The van der Waals surface area contributed by atoms with Crippen molar-refractivity contribution in [3.8, 4) is 27.5 Å². The molecule has 5 rings (SSSR count). The number of fused-ring (bicyclic) bond motifs is 3. The second-order valence-electron chi connectivity index (χ2n) is 6.98. The van der Waals surface area contributed by atoms with Crippen LogP contribution in [0, 0.1) is 6.92 Å². The predicted octanol–water partition coefficient (Wildman–Crippen LogP) is 3.82. The van der Waals surface area contributed by atoms with Crippen molar-refractivity contribution in [1.29, 1.82) is 0 Å². The van der Waals surface area contributed by atoms with Gasteiger partial charge in [0.25, 0.3) is 0 Å². The Bertz CT molecular complexity index is 1230. The summed E-state index contributed by atoms with van der Waals surface area (Å²) in [6, 6.07) is 8.18. The summed E-state index contributed by atoms with van der Waals surface area (Å²) < 4.78 is 2.00. The third-order valence-electron chi connectivity index (χ3n) is 4.97. The lowest BCUT2D eigenvalue weighted by Gasteiger charge is -2.15. The monoisotopic (exact) mass is 402 g/mol. The molecule has 1 aliphatic carbocycles. The zero-order valence-corrected chi connectivity index (χ0v) is 16.8. The van der Waals surface area contributed by atoms with E-state index in [9.17, 15) is 4.79 Å². The van der Waals surface area contributed by atoms with Crippen molar-refractivity contribution >= 4 is 22.4 Å². The molecule has 1 aliphatic rings. The van der Waals surface area contributed by atoms with Crippen LogP contribution in [-0.4, -0.2) is 30.6 Å². The molecular weight excluding hydrogens is 384 g/mol. The van der Waals surface area contributed by atoms with Crippen LogP contribution >= 0.6 is 11.3 Å². The Labute approximate surface area is 171 Å². The van der Waals surface area contributed by atoms with Gasteiger partial charge in [-0.25, -0.2) is 19.6 Å².